The molecule has 2 aromatic heterocycles. The average Bonchev–Trinajstić information content (AvgIpc) is 2.81. The molecule has 0 spiro atoms. The Balaban J connectivity index is 2.11. The number of hydrogen-bond donors (Lipinski definition) is 1. The number of carbonyl (C=O) groups excluding carboxylic acids is 1. The maximum absolute atomic E-state index is 11.9. The summed E-state index contributed by atoms with van der Waals surface area (Å²) in [7, 11) is 0. The van der Waals surface area contributed by atoms with Crippen molar-refractivity contribution >= 4 is 39.1 Å². The van der Waals surface area contributed by atoms with Crippen LogP contribution in [0.5, 0.6) is 0 Å². The van der Waals surface area contributed by atoms with Crippen molar-refractivity contribution in [2.75, 3.05) is 12.4 Å². The fraction of sp³-hybridized carbons (Fsp3) is 0.300. The monoisotopic (exact) mass is 271 g/mol. The molecule has 7 heteroatoms. The molecule has 90 valence electrons. The molecule has 2 heterocycles. The van der Waals surface area contributed by atoms with Crippen LogP contribution in [0.1, 0.15) is 0 Å². The number of fused-ring (bicyclic) bond motifs is 1. The lowest BCUT2D eigenvalue weighted by Crippen LogP contribution is -2.31. The lowest BCUT2D eigenvalue weighted by atomic mass is 10.4. The third-order valence-corrected chi connectivity index (χ3v) is 3.31. The maximum Gasteiger partial charge on any atom is 0.262 e. The fourth-order valence-electron chi connectivity index (χ4n) is 1.42. The quantitative estimate of drug-likeness (QED) is 0.837. The Kier molecular flexibility index (Phi) is 3.75. The Morgan fingerprint density at radius 3 is 3.18 bits per heavy atom. The molecule has 0 saturated heterocycles. The number of thiophene rings is 1. The molecule has 5 nitrogen and oxygen atoms in total. The van der Waals surface area contributed by atoms with Crippen molar-refractivity contribution in [3.63, 3.8) is 0 Å². The van der Waals surface area contributed by atoms with Gasteiger partial charge >= 0.3 is 0 Å². The highest BCUT2D eigenvalue weighted by atomic mass is 35.5. The summed E-state index contributed by atoms with van der Waals surface area (Å²) >= 11 is 6.77. The van der Waals surface area contributed by atoms with E-state index in [1.54, 1.807) is 6.07 Å². The minimum absolute atomic E-state index is 0.0727. The van der Waals surface area contributed by atoms with E-state index in [4.69, 9.17) is 11.6 Å². The van der Waals surface area contributed by atoms with Crippen LogP contribution in [0.3, 0.4) is 0 Å². The molecule has 0 unspecified atom stereocenters. The van der Waals surface area contributed by atoms with E-state index in [2.05, 4.69) is 10.3 Å². The van der Waals surface area contributed by atoms with Gasteiger partial charge in [-0.2, -0.15) is 0 Å². The highest BCUT2D eigenvalue weighted by Crippen LogP contribution is 2.12. The van der Waals surface area contributed by atoms with Crippen LogP contribution in [0.25, 0.3) is 10.2 Å². The Hall–Kier alpha value is -1.40. The van der Waals surface area contributed by atoms with Crippen LogP contribution in [0.4, 0.5) is 0 Å². The molecule has 1 N–H and O–H groups in total. The van der Waals surface area contributed by atoms with E-state index in [1.165, 1.54) is 22.2 Å². The largest absolute Gasteiger partial charge is 0.353 e. The van der Waals surface area contributed by atoms with Gasteiger partial charge in [-0.3, -0.25) is 14.2 Å². The first kappa shape index (κ1) is 12.1. The summed E-state index contributed by atoms with van der Waals surface area (Å²) in [6, 6.07) is 1.75. The molecule has 0 aliphatic carbocycles. The van der Waals surface area contributed by atoms with Gasteiger partial charge in [0.15, 0.2) is 0 Å². The van der Waals surface area contributed by atoms with Crippen molar-refractivity contribution in [1.82, 2.24) is 14.9 Å². The van der Waals surface area contributed by atoms with E-state index in [1.807, 2.05) is 5.38 Å². The van der Waals surface area contributed by atoms with Gasteiger partial charge in [0, 0.05) is 13.1 Å². The zero-order chi connectivity index (χ0) is 12.3. The van der Waals surface area contributed by atoms with E-state index in [-0.39, 0.29) is 17.3 Å². The Labute approximate surface area is 106 Å². The van der Waals surface area contributed by atoms with E-state index in [0.717, 1.165) is 4.83 Å². The standard InChI is InChI=1S/C10H10ClN3O2S/c11-5-8(15)12-2-3-14-6-13-9-7(10(14)16)1-4-17-9/h1,4,6H,2-3,5H2,(H,12,15). The number of nitrogens with zero attached hydrogens (tertiary/aromatic N) is 2. The number of hydrogen-bond acceptors (Lipinski definition) is 4. The van der Waals surface area contributed by atoms with Gasteiger partial charge in [0.05, 0.1) is 11.7 Å². The van der Waals surface area contributed by atoms with Crippen LogP contribution in [-0.4, -0.2) is 27.9 Å². The minimum atomic E-state index is -0.246. The second-order valence-electron chi connectivity index (χ2n) is 3.37. The normalized spacial score (nSPS) is 10.6. The van der Waals surface area contributed by atoms with Crippen molar-refractivity contribution in [3.05, 3.63) is 28.1 Å². The molecular weight excluding hydrogens is 262 g/mol. The van der Waals surface area contributed by atoms with E-state index >= 15 is 0 Å². The third-order valence-electron chi connectivity index (χ3n) is 2.25. The summed E-state index contributed by atoms with van der Waals surface area (Å²) < 4.78 is 1.48. The molecule has 2 rings (SSSR count). The number of aromatic nitrogens is 2. The van der Waals surface area contributed by atoms with Gasteiger partial charge in [-0.15, -0.1) is 22.9 Å². The lowest BCUT2D eigenvalue weighted by molar-refractivity contribution is -0.118. The molecule has 0 saturated carbocycles. The van der Waals surface area contributed by atoms with Gasteiger partial charge < -0.3 is 5.32 Å². The maximum atomic E-state index is 11.9. The van der Waals surface area contributed by atoms with Crippen molar-refractivity contribution in [3.8, 4) is 0 Å². The summed E-state index contributed by atoms with van der Waals surface area (Å²) in [5.41, 5.74) is -0.0867. The Morgan fingerprint density at radius 2 is 2.41 bits per heavy atom. The minimum Gasteiger partial charge on any atom is -0.353 e. The Morgan fingerprint density at radius 1 is 1.59 bits per heavy atom. The zero-order valence-electron chi connectivity index (χ0n) is 8.85. The van der Waals surface area contributed by atoms with Gasteiger partial charge in [0.1, 0.15) is 10.7 Å². The zero-order valence-corrected chi connectivity index (χ0v) is 10.4. The molecule has 0 aliphatic heterocycles. The van der Waals surface area contributed by atoms with Crippen LogP contribution < -0.4 is 10.9 Å². The highest BCUT2D eigenvalue weighted by molar-refractivity contribution is 7.16. The van der Waals surface area contributed by atoms with E-state index in [0.29, 0.717) is 18.5 Å². The van der Waals surface area contributed by atoms with Gasteiger partial charge in [-0.25, -0.2) is 4.98 Å². The SMILES string of the molecule is O=C(CCl)NCCn1cnc2sccc2c1=O. The topological polar surface area (TPSA) is 64.0 Å². The van der Waals surface area contributed by atoms with Gasteiger partial charge in [-0.1, -0.05) is 0 Å². The van der Waals surface area contributed by atoms with Gasteiger partial charge in [0.25, 0.3) is 5.56 Å². The molecule has 0 aromatic carbocycles. The van der Waals surface area contributed by atoms with E-state index in [9.17, 15) is 9.59 Å². The number of halogens is 1. The predicted octanol–water partition coefficient (Wildman–Crippen LogP) is 0.813. The van der Waals surface area contributed by atoms with Gasteiger partial charge in [-0.05, 0) is 11.4 Å². The first-order chi connectivity index (χ1) is 8.22. The second-order valence-corrected chi connectivity index (χ2v) is 4.53. The third kappa shape index (κ3) is 2.65. The molecule has 0 radical (unpaired) electrons. The smallest absolute Gasteiger partial charge is 0.262 e. The number of alkyl halides is 1. The van der Waals surface area contributed by atoms with Crippen molar-refractivity contribution in [2.45, 2.75) is 6.54 Å². The number of nitrogens with one attached hydrogen (secondary N) is 1. The first-order valence-electron chi connectivity index (χ1n) is 4.97. The Bertz CT molecular complexity index is 592. The average molecular weight is 272 g/mol. The molecule has 1 amide bonds. The number of carbonyl (C=O) groups is 1. The summed E-state index contributed by atoms with van der Waals surface area (Å²) in [5, 5.41) is 5.04. The van der Waals surface area contributed by atoms with Gasteiger partial charge in [0.2, 0.25) is 5.91 Å². The number of rotatable bonds is 4. The van der Waals surface area contributed by atoms with Crippen LogP contribution in [0.15, 0.2) is 22.6 Å². The highest BCUT2D eigenvalue weighted by Gasteiger charge is 2.05. The van der Waals surface area contributed by atoms with Crippen molar-refractivity contribution in [1.29, 1.82) is 0 Å². The molecule has 0 atom stereocenters. The molecule has 0 bridgehead atoms. The summed E-state index contributed by atoms with van der Waals surface area (Å²) in [4.78, 5) is 27.7. The van der Waals surface area contributed by atoms with Crippen molar-refractivity contribution in [2.24, 2.45) is 0 Å². The van der Waals surface area contributed by atoms with Crippen LogP contribution >= 0.6 is 22.9 Å². The molecular formula is C10H10ClN3O2S. The molecule has 17 heavy (non-hydrogen) atoms. The molecule has 2 aromatic rings. The lowest BCUT2D eigenvalue weighted by Gasteiger charge is -2.05. The van der Waals surface area contributed by atoms with Crippen LogP contribution in [0, 0.1) is 0 Å². The number of amides is 1. The molecule has 0 fully saturated rings. The molecule has 0 aliphatic rings. The summed E-state index contributed by atoms with van der Waals surface area (Å²) in [5.74, 6) is -0.319. The van der Waals surface area contributed by atoms with E-state index < -0.39 is 0 Å². The van der Waals surface area contributed by atoms with Crippen LogP contribution in [0.2, 0.25) is 0 Å². The predicted molar refractivity (Wildman–Crippen MR) is 67.6 cm³/mol. The first-order valence-corrected chi connectivity index (χ1v) is 6.39. The summed E-state index contributed by atoms with van der Waals surface area (Å²) in [6.45, 7) is 0.753. The summed E-state index contributed by atoms with van der Waals surface area (Å²) in [6.07, 6.45) is 1.49. The second kappa shape index (κ2) is 5.29. The van der Waals surface area contributed by atoms with Crippen LogP contribution in [-0.2, 0) is 11.3 Å². The van der Waals surface area contributed by atoms with Crippen molar-refractivity contribution < 1.29 is 4.79 Å². The fourth-order valence-corrected chi connectivity index (χ4v) is 2.23.